The minimum atomic E-state index is -0.531. The van der Waals surface area contributed by atoms with Gasteiger partial charge in [0.05, 0.1) is 17.0 Å². The van der Waals surface area contributed by atoms with Gasteiger partial charge in [-0.1, -0.05) is 17.7 Å². The third-order valence-electron chi connectivity index (χ3n) is 3.90. The van der Waals surface area contributed by atoms with E-state index in [1.54, 1.807) is 37.3 Å². The molecule has 0 atom stereocenters. The molecular formula is C18H13ClFN3O3. The molecule has 0 fully saturated rings. The Morgan fingerprint density at radius 1 is 1.35 bits per heavy atom. The lowest BCUT2D eigenvalue weighted by Gasteiger charge is -2.10. The molecule has 0 saturated heterocycles. The molecule has 0 radical (unpaired) electrons. The van der Waals surface area contributed by atoms with Crippen LogP contribution in [0.5, 0.6) is 5.75 Å². The highest BCUT2D eigenvalue weighted by atomic mass is 35.5. The van der Waals surface area contributed by atoms with E-state index in [2.05, 4.69) is 10.1 Å². The molecule has 26 heavy (non-hydrogen) atoms. The Kier molecular flexibility index (Phi) is 4.00. The van der Waals surface area contributed by atoms with Crippen molar-refractivity contribution in [3.8, 4) is 17.2 Å². The van der Waals surface area contributed by atoms with E-state index >= 15 is 0 Å². The van der Waals surface area contributed by atoms with Crippen LogP contribution in [0.2, 0.25) is 5.02 Å². The lowest BCUT2D eigenvalue weighted by atomic mass is 10.2. The number of benzene rings is 1. The van der Waals surface area contributed by atoms with Gasteiger partial charge in [0, 0.05) is 12.1 Å². The van der Waals surface area contributed by atoms with Crippen LogP contribution in [0.3, 0.4) is 0 Å². The van der Waals surface area contributed by atoms with Crippen molar-refractivity contribution in [2.24, 2.45) is 0 Å². The van der Waals surface area contributed by atoms with Gasteiger partial charge in [-0.3, -0.25) is 9.89 Å². The smallest absolute Gasteiger partial charge is 0.273 e. The summed E-state index contributed by atoms with van der Waals surface area (Å²) in [5.41, 5.74) is 1.48. The molecule has 1 aromatic carbocycles. The molecule has 0 aliphatic carbocycles. The monoisotopic (exact) mass is 373 g/mol. The summed E-state index contributed by atoms with van der Waals surface area (Å²) in [4.78, 5) is 16.7. The van der Waals surface area contributed by atoms with Crippen molar-refractivity contribution in [3.05, 3.63) is 75.1 Å². The molecule has 0 aliphatic rings. The zero-order valence-electron chi connectivity index (χ0n) is 13.6. The number of hydrogen-bond acceptors (Lipinski definition) is 4. The van der Waals surface area contributed by atoms with Crippen LogP contribution in [0.1, 0.15) is 11.3 Å². The molecule has 6 nitrogen and oxygen atoms in total. The van der Waals surface area contributed by atoms with Gasteiger partial charge in [-0.2, -0.15) is 0 Å². The number of nitrogens with zero attached hydrogens (tertiary/aromatic N) is 2. The third kappa shape index (κ3) is 2.86. The summed E-state index contributed by atoms with van der Waals surface area (Å²) in [6.07, 6.45) is 1.54. The van der Waals surface area contributed by atoms with Gasteiger partial charge < -0.3 is 9.15 Å². The van der Waals surface area contributed by atoms with Gasteiger partial charge in [0.15, 0.2) is 23.0 Å². The van der Waals surface area contributed by atoms with Crippen LogP contribution in [-0.4, -0.2) is 14.6 Å². The number of halogens is 2. The number of fused-ring (bicyclic) bond motifs is 1. The number of aryl methyl sites for hydroxylation is 1. The minimum absolute atomic E-state index is 0.0565. The second-order valence-electron chi connectivity index (χ2n) is 5.72. The largest absolute Gasteiger partial charge is 0.483 e. The quantitative estimate of drug-likeness (QED) is 0.587. The highest BCUT2D eigenvalue weighted by Gasteiger charge is 2.14. The van der Waals surface area contributed by atoms with Crippen LogP contribution in [0.15, 0.2) is 51.9 Å². The molecule has 4 rings (SSSR count). The van der Waals surface area contributed by atoms with E-state index in [1.807, 2.05) is 0 Å². The number of aromatic nitrogens is 3. The van der Waals surface area contributed by atoms with E-state index in [-0.39, 0.29) is 22.9 Å². The zero-order chi connectivity index (χ0) is 18.3. The molecule has 3 heterocycles. The maximum atomic E-state index is 14.1. The highest BCUT2D eigenvalue weighted by molar-refractivity contribution is 6.32. The number of ether oxygens (including phenoxy) is 1. The Balaban J connectivity index is 1.66. The van der Waals surface area contributed by atoms with Crippen LogP contribution in [0, 0.1) is 12.7 Å². The second kappa shape index (κ2) is 6.34. The topological polar surface area (TPSA) is 72.5 Å². The zero-order valence-corrected chi connectivity index (χ0v) is 14.4. The standard InChI is InChI=1S/C18H13ClFN3O3/c1-10-4-5-12(19)18(17(10)20)26-9-11-7-16(24)23-15(21-11)8-13(22-23)14-3-2-6-25-14/h2-8,22H,9H2,1H3. The van der Waals surface area contributed by atoms with Crippen molar-refractivity contribution in [1.29, 1.82) is 0 Å². The number of aromatic amines is 1. The normalized spacial score (nSPS) is 11.2. The fraction of sp³-hybridized carbons (Fsp3) is 0.111. The van der Waals surface area contributed by atoms with Crippen molar-refractivity contribution < 1.29 is 13.5 Å². The molecule has 132 valence electrons. The average Bonchev–Trinajstić information content (AvgIpc) is 3.27. The Bertz CT molecular complexity index is 1150. The van der Waals surface area contributed by atoms with Gasteiger partial charge in [0.25, 0.3) is 5.56 Å². The van der Waals surface area contributed by atoms with Crippen molar-refractivity contribution >= 4 is 17.2 Å². The Morgan fingerprint density at radius 3 is 2.96 bits per heavy atom. The molecule has 0 amide bonds. The summed E-state index contributed by atoms with van der Waals surface area (Å²) in [6, 6.07) is 9.64. The molecule has 0 spiro atoms. The van der Waals surface area contributed by atoms with Crippen LogP contribution < -0.4 is 10.3 Å². The first-order valence-electron chi connectivity index (χ1n) is 7.76. The third-order valence-corrected chi connectivity index (χ3v) is 4.19. The van der Waals surface area contributed by atoms with Gasteiger partial charge in [0.2, 0.25) is 0 Å². The molecule has 0 bridgehead atoms. The lowest BCUT2D eigenvalue weighted by molar-refractivity contribution is 0.285. The van der Waals surface area contributed by atoms with E-state index in [9.17, 15) is 9.18 Å². The number of H-pyrrole nitrogens is 1. The summed E-state index contributed by atoms with van der Waals surface area (Å²) < 4.78 is 26.2. The summed E-state index contributed by atoms with van der Waals surface area (Å²) in [5.74, 6) is -0.00243. The van der Waals surface area contributed by atoms with Crippen molar-refractivity contribution in [2.75, 3.05) is 0 Å². The molecule has 1 N–H and O–H groups in total. The molecule has 0 aliphatic heterocycles. The van der Waals surface area contributed by atoms with Gasteiger partial charge in [-0.15, -0.1) is 0 Å². The van der Waals surface area contributed by atoms with Crippen LogP contribution in [-0.2, 0) is 6.61 Å². The first-order valence-corrected chi connectivity index (χ1v) is 8.13. The van der Waals surface area contributed by atoms with E-state index < -0.39 is 5.82 Å². The molecule has 0 saturated carbocycles. The van der Waals surface area contributed by atoms with Gasteiger partial charge in [0.1, 0.15) is 12.3 Å². The average molecular weight is 374 g/mol. The number of furan rings is 1. The number of hydrogen-bond donors (Lipinski definition) is 1. The number of rotatable bonds is 4. The van der Waals surface area contributed by atoms with Crippen molar-refractivity contribution in [3.63, 3.8) is 0 Å². The summed E-state index contributed by atoms with van der Waals surface area (Å²) in [5, 5.41) is 3.08. The Hall–Kier alpha value is -3.06. The second-order valence-corrected chi connectivity index (χ2v) is 6.13. The first-order chi connectivity index (χ1) is 12.5. The van der Waals surface area contributed by atoms with Crippen LogP contribution in [0.25, 0.3) is 17.1 Å². The first kappa shape index (κ1) is 16.4. The predicted molar refractivity (Wildman–Crippen MR) is 94.0 cm³/mol. The van der Waals surface area contributed by atoms with E-state index in [1.165, 1.54) is 16.8 Å². The molecule has 4 aromatic rings. The predicted octanol–water partition coefficient (Wildman–Crippen LogP) is 3.96. The minimum Gasteiger partial charge on any atom is -0.483 e. The van der Waals surface area contributed by atoms with Gasteiger partial charge >= 0.3 is 0 Å². The van der Waals surface area contributed by atoms with E-state index in [0.29, 0.717) is 28.4 Å². The molecule has 8 heteroatoms. The van der Waals surface area contributed by atoms with Crippen molar-refractivity contribution in [1.82, 2.24) is 14.6 Å². The van der Waals surface area contributed by atoms with E-state index in [4.69, 9.17) is 20.8 Å². The van der Waals surface area contributed by atoms with E-state index in [0.717, 1.165) is 0 Å². The molecule has 0 unspecified atom stereocenters. The summed E-state index contributed by atoms with van der Waals surface area (Å²) in [6.45, 7) is 1.53. The number of nitrogens with one attached hydrogen (secondary N) is 1. The fourth-order valence-corrected chi connectivity index (χ4v) is 2.78. The lowest BCUT2D eigenvalue weighted by Crippen LogP contribution is -2.16. The molecular weight excluding hydrogens is 361 g/mol. The van der Waals surface area contributed by atoms with Crippen LogP contribution >= 0.6 is 11.6 Å². The summed E-state index contributed by atoms with van der Waals surface area (Å²) >= 11 is 5.99. The van der Waals surface area contributed by atoms with Gasteiger partial charge in [-0.25, -0.2) is 13.9 Å². The highest BCUT2D eigenvalue weighted by Crippen LogP contribution is 2.30. The fourth-order valence-electron chi connectivity index (χ4n) is 2.58. The van der Waals surface area contributed by atoms with Crippen LogP contribution in [0.4, 0.5) is 4.39 Å². The maximum absolute atomic E-state index is 14.1. The van der Waals surface area contributed by atoms with Gasteiger partial charge in [-0.05, 0) is 30.7 Å². The Labute approximate surface area is 151 Å². The SMILES string of the molecule is Cc1ccc(Cl)c(OCc2cc(=O)n3[nH]c(-c4ccco4)cc3n2)c1F. The maximum Gasteiger partial charge on any atom is 0.273 e. The summed E-state index contributed by atoms with van der Waals surface area (Å²) in [7, 11) is 0. The molecule has 3 aromatic heterocycles. The Morgan fingerprint density at radius 2 is 2.19 bits per heavy atom. The van der Waals surface area contributed by atoms with Crippen molar-refractivity contribution in [2.45, 2.75) is 13.5 Å².